The maximum Gasteiger partial charge on any atom is 0.331 e. The molecule has 2 amide bonds. The van der Waals surface area contributed by atoms with Crippen molar-refractivity contribution >= 4 is 33.4 Å². The van der Waals surface area contributed by atoms with Crippen molar-refractivity contribution in [3.05, 3.63) is 29.3 Å². The van der Waals surface area contributed by atoms with Gasteiger partial charge in [-0.25, -0.2) is 17.5 Å². The van der Waals surface area contributed by atoms with Crippen LogP contribution in [0.15, 0.2) is 29.2 Å². The Morgan fingerprint density at radius 1 is 1.00 bits per heavy atom. The Morgan fingerprint density at radius 3 is 2.22 bits per heavy atom. The average Bonchev–Trinajstić information content (AvgIpc) is 2.64. The summed E-state index contributed by atoms with van der Waals surface area (Å²) in [4.78, 5) is 24.6. The Morgan fingerprint density at radius 2 is 1.63 bits per heavy atom. The molecule has 0 saturated heterocycles. The van der Waals surface area contributed by atoms with Gasteiger partial charge >= 0.3 is 6.03 Å². The van der Waals surface area contributed by atoms with Gasteiger partial charge in [-0.1, -0.05) is 51.1 Å². The van der Waals surface area contributed by atoms with Crippen LogP contribution in [0.3, 0.4) is 0 Å². The zero-order valence-corrected chi connectivity index (χ0v) is 17.6. The summed E-state index contributed by atoms with van der Waals surface area (Å²) in [6, 6.07) is 4.74. The number of hydrogen-bond donors (Lipinski definition) is 1. The largest absolute Gasteiger partial charge is 0.337 e. The molecule has 0 fully saturated rings. The Balaban J connectivity index is 2.88. The van der Waals surface area contributed by atoms with E-state index < -0.39 is 22.6 Å². The molecule has 1 aromatic carbocycles. The number of halogens is 1. The van der Waals surface area contributed by atoms with Crippen LogP contribution in [-0.2, 0) is 14.8 Å². The first kappa shape index (κ1) is 23.4. The molecule has 0 aromatic heterocycles. The van der Waals surface area contributed by atoms with E-state index in [-0.39, 0.29) is 17.1 Å². The van der Waals surface area contributed by atoms with Gasteiger partial charge in [-0.2, -0.15) is 0 Å². The molecule has 0 saturated carbocycles. The van der Waals surface area contributed by atoms with E-state index in [0.717, 1.165) is 25.7 Å². The first-order chi connectivity index (χ1) is 12.8. The SMILES string of the molecule is CCCCCCCC(=O)CN(C(=O)NCCC)S(=O)(=O)c1ccc(Cl)cc1. The highest BCUT2D eigenvalue weighted by Crippen LogP contribution is 2.19. The number of rotatable bonds is 12. The standard InChI is InChI=1S/C19H29ClN2O4S/c1-3-5-6-7-8-9-17(23)15-22(19(24)21-14-4-2)27(25,26)18-12-10-16(20)11-13-18/h10-13H,3-9,14-15H2,1-2H3,(H,21,24). The van der Waals surface area contributed by atoms with Crippen molar-refractivity contribution in [2.24, 2.45) is 0 Å². The minimum atomic E-state index is -4.14. The predicted octanol–water partition coefficient (Wildman–Crippen LogP) is 4.38. The van der Waals surface area contributed by atoms with E-state index in [1.807, 2.05) is 6.92 Å². The maximum atomic E-state index is 12.9. The van der Waals surface area contributed by atoms with Gasteiger partial charge in [-0.05, 0) is 37.1 Å². The summed E-state index contributed by atoms with van der Waals surface area (Å²) in [6.07, 6.45) is 5.82. The highest BCUT2D eigenvalue weighted by molar-refractivity contribution is 7.89. The van der Waals surface area contributed by atoms with Gasteiger partial charge in [0.05, 0.1) is 11.4 Å². The molecule has 1 rings (SSSR count). The quantitative estimate of drug-likeness (QED) is 0.512. The number of carbonyl (C=O) groups is 2. The summed E-state index contributed by atoms with van der Waals surface area (Å²) in [5.41, 5.74) is 0. The van der Waals surface area contributed by atoms with Crippen LogP contribution in [-0.4, -0.2) is 37.6 Å². The number of ketones is 1. The predicted molar refractivity (Wildman–Crippen MR) is 107 cm³/mol. The molecule has 0 aliphatic heterocycles. The van der Waals surface area contributed by atoms with E-state index >= 15 is 0 Å². The molecule has 0 unspecified atom stereocenters. The summed E-state index contributed by atoms with van der Waals surface area (Å²) in [5.74, 6) is -0.268. The molecule has 0 atom stereocenters. The van der Waals surface area contributed by atoms with Crippen LogP contribution < -0.4 is 5.32 Å². The lowest BCUT2D eigenvalue weighted by molar-refractivity contribution is -0.119. The lowest BCUT2D eigenvalue weighted by atomic mass is 10.1. The van der Waals surface area contributed by atoms with E-state index in [4.69, 9.17) is 11.6 Å². The maximum absolute atomic E-state index is 12.9. The molecule has 1 N–H and O–H groups in total. The fourth-order valence-electron chi connectivity index (χ4n) is 2.48. The van der Waals surface area contributed by atoms with Gasteiger partial charge in [-0.15, -0.1) is 0 Å². The van der Waals surface area contributed by atoms with Gasteiger partial charge < -0.3 is 5.32 Å². The first-order valence-electron chi connectivity index (χ1n) is 9.40. The molecular weight excluding hydrogens is 388 g/mol. The minimum Gasteiger partial charge on any atom is -0.337 e. The summed E-state index contributed by atoms with van der Waals surface area (Å²) >= 11 is 5.81. The van der Waals surface area contributed by atoms with Crippen molar-refractivity contribution in [1.29, 1.82) is 0 Å². The second-order valence-corrected chi connectivity index (χ2v) is 8.70. The number of unbranched alkanes of at least 4 members (excludes halogenated alkanes) is 4. The summed E-state index contributed by atoms with van der Waals surface area (Å²) in [5, 5.41) is 2.93. The van der Waals surface area contributed by atoms with E-state index in [9.17, 15) is 18.0 Å². The van der Waals surface area contributed by atoms with Gasteiger partial charge in [0.1, 0.15) is 0 Å². The number of amides is 2. The van der Waals surface area contributed by atoms with Gasteiger partial charge in [0, 0.05) is 18.0 Å². The Hall–Kier alpha value is -1.60. The zero-order valence-electron chi connectivity index (χ0n) is 16.0. The molecule has 1 aromatic rings. The number of urea groups is 1. The van der Waals surface area contributed by atoms with Crippen molar-refractivity contribution in [1.82, 2.24) is 9.62 Å². The first-order valence-corrected chi connectivity index (χ1v) is 11.2. The van der Waals surface area contributed by atoms with Crippen molar-refractivity contribution in [2.45, 2.75) is 63.7 Å². The lowest BCUT2D eigenvalue weighted by Crippen LogP contribution is -2.46. The second kappa shape index (κ2) is 12.0. The van der Waals surface area contributed by atoms with Crippen molar-refractivity contribution in [3.8, 4) is 0 Å². The van der Waals surface area contributed by atoms with E-state index in [1.54, 1.807) is 0 Å². The van der Waals surface area contributed by atoms with Crippen LogP contribution in [0.25, 0.3) is 0 Å². The number of hydrogen-bond acceptors (Lipinski definition) is 4. The molecule has 0 bridgehead atoms. The number of sulfonamides is 1. The van der Waals surface area contributed by atoms with Gasteiger partial charge in [0.25, 0.3) is 10.0 Å². The Labute approximate surface area is 167 Å². The van der Waals surface area contributed by atoms with Crippen LogP contribution in [0.1, 0.15) is 58.8 Å². The van der Waals surface area contributed by atoms with Gasteiger partial charge in [0.2, 0.25) is 0 Å². The second-order valence-electron chi connectivity index (χ2n) is 6.40. The third-order valence-electron chi connectivity index (χ3n) is 4.03. The fraction of sp³-hybridized carbons (Fsp3) is 0.579. The number of carbonyl (C=O) groups excluding carboxylic acids is 2. The third-order valence-corrected chi connectivity index (χ3v) is 6.03. The summed E-state index contributed by atoms with van der Waals surface area (Å²) in [7, 11) is -4.14. The average molecular weight is 417 g/mol. The molecular formula is C19H29ClN2O4S. The number of nitrogens with one attached hydrogen (secondary N) is 1. The minimum absolute atomic E-state index is 0.0747. The third kappa shape index (κ3) is 7.89. The van der Waals surface area contributed by atoms with Crippen LogP contribution in [0.2, 0.25) is 5.02 Å². The lowest BCUT2D eigenvalue weighted by Gasteiger charge is -2.22. The molecule has 6 nitrogen and oxygen atoms in total. The summed E-state index contributed by atoms with van der Waals surface area (Å²) in [6.45, 7) is 3.84. The number of nitrogens with zero attached hydrogens (tertiary/aromatic N) is 1. The molecule has 27 heavy (non-hydrogen) atoms. The van der Waals surface area contributed by atoms with Crippen LogP contribution in [0.4, 0.5) is 4.79 Å². The molecule has 0 aliphatic rings. The fourth-order valence-corrected chi connectivity index (χ4v) is 3.94. The van der Waals surface area contributed by atoms with E-state index in [1.165, 1.54) is 24.3 Å². The Kier molecular flexibility index (Phi) is 10.4. The zero-order chi connectivity index (χ0) is 20.3. The highest BCUT2D eigenvalue weighted by atomic mass is 35.5. The van der Waals surface area contributed by atoms with E-state index in [2.05, 4.69) is 12.2 Å². The molecule has 0 heterocycles. The molecule has 0 spiro atoms. The molecule has 8 heteroatoms. The van der Waals surface area contributed by atoms with Gasteiger partial charge in [-0.3, -0.25) is 4.79 Å². The molecule has 152 valence electrons. The molecule has 0 aliphatic carbocycles. The smallest absolute Gasteiger partial charge is 0.331 e. The normalized spacial score (nSPS) is 11.2. The van der Waals surface area contributed by atoms with E-state index in [0.29, 0.717) is 28.7 Å². The highest BCUT2D eigenvalue weighted by Gasteiger charge is 2.30. The topological polar surface area (TPSA) is 83.6 Å². The Bertz CT molecular complexity index is 705. The van der Waals surface area contributed by atoms with Crippen molar-refractivity contribution in [3.63, 3.8) is 0 Å². The summed E-state index contributed by atoms with van der Waals surface area (Å²) < 4.78 is 26.4. The van der Waals surface area contributed by atoms with Gasteiger partial charge in [0.15, 0.2) is 5.78 Å². The molecule has 0 radical (unpaired) electrons. The van der Waals surface area contributed by atoms with Crippen LogP contribution in [0, 0.1) is 0 Å². The van der Waals surface area contributed by atoms with Crippen LogP contribution >= 0.6 is 11.6 Å². The number of benzene rings is 1. The monoisotopic (exact) mass is 416 g/mol. The van der Waals surface area contributed by atoms with Crippen molar-refractivity contribution < 1.29 is 18.0 Å². The van der Waals surface area contributed by atoms with Crippen LogP contribution in [0.5, 0.6) is 0 Å². The number of Topliss-reactive ketones (excluding diaryl/α,β-unsaturated/α-hetero) is 1. The van der Waals surface area contributed by atoms with Crippen molar-refractivity contribution in [2.75, 3.05) is 13.1 Å².